The summed E-state index contributed by atoms with van der Waals surface area (Å²) in [6.45, 7) is 2.32. The van der Waals surface area contributed by atoms with E-state index in [4.69, 9.17) is 4.98 Å². The van der Waals surface area contributed by atoms with Gasteiger partial charge in [0.1, 0.15) is 0 Å². The van der Waals surface area contributed by atoms with Gasteiger partial charge in [-0.3, -0.25) is 9.29 Å². The van der Waals surface area contributed by atoms with E-state index in [1.165, 1.54) is 0 Å². The highest BCUT2D eigenvalue weighted by molar-refractivity contribution is 7.92. The second-order valence-corrected chi connectivity index (χ2v) is 10.9. The molecule has 0 bridgehead atoms. The van der Waals surface area contributed by atoms with Crippen molar-refractivity contribution in [2.24, 2.45) is 5.92 Å². The zero-order valence-corrected chi connectivity index (χ0v) is 19.6. The number of hydrogen-bond donors (Lipinski definition) is 1. The van der Waals surface area contributed by atoms with Crippen LogP contribution in [0, 0.1) is 12.8 Å². The molecule has 0 spiro atoms. The van der Waals surface area contributed by atoms with Crippen LogP contribution in [0.15, 0.2) is 102 Å². The number of pyridine rings is 1. The van der Waals surface area contributed by atoms with E-state index in [-0.39, 0.29) is 17.9 Å². The van der Waals surface area contributed by atoms with Gasteiger partial charge in [0.15, 0.2) is 0 Å². The zero-order chi connectivity index (χ0) is 23.3. The monoisotopic (exact) mass is 467 g/mol. The zero-order valence-electron chi connectivity index (χ0n) is 18.8. The summed E-state index contributed by atoms with van der Waals surface area (Å²) in [4.78, 5) is 5.06. The summed E-state index contributed by atoms with van der Waals surface area (Å²) in [6.07, 6.45) is 1.81. The first-order chi connectivity index (χ1) is 16.5. The normalized spacial score (nSPS) is 21.1. The molecule has 3 aromatic carbocycles. The van der Waals surface area contributed by atoms with Crippen molar-refractivity contribution >= 4 is 21.4 Å². The van der Waals surface area contributed by atoms with Gasteiger partial charge in [0, 0.05) is 24.6 Å². The topological polar surface area (TPSA) is 62.3 Å². The number of aromatic nitrogens is 1. The standard InChI is InChI=1S/C28H25N3O2S/c1-19-13-15-21(16-14-19)34(32,33)31-18-23-26(20-8-3-2-4-9-20)28-24(11-7-17-29-28)30-27(23)22-10-5-6-12-25(22)31/h2-17,23,26-27,30H,18H2,1H3/t23-,26-,27+/m0/s1. The predicted molar refractivity (Wildman–Crippen MR) is 135 cm³/mol. The Morgan fingerprint density at radius 1 is 0.882 bits per heavy atom. The van der Waals surface area contributed by atoms with Crippen LogP contribution < -0.4 is 9.62 Å². The van der Waals surface area contributed by atoms with E-state index < -0.39 is 10.0 Å². The van der Waals surface area contributed by atoms with Gasteiger partial charge in [0.2, 0.25) is 0 Å². The SMILES string of the molecule is Cc1ccc(S(=O)(=O)N2C[C@H]3[C@H](c4ccccc4)c4ncccc4N[C@@H]3c3ccccc32)cc1. The summed E-state index contributed by atoms with van der Waals surface area (Å²) in [5, 5.41) is 3.69. The number of fused-ring (bicyclic) bond motifs is 4. The van der Waals surface area contributed by atoms with Gasteiger partial charge >= 0.3 is 0 Å². The Hall–Kier alpha value is -3.64. The van der Waals surface area contributed by atoms with Crippen LogP contribution in [0.4, 0.5) is 11.4 Å². The molecule has 6 heteroatoms. The first kappa shape index (κ1) is 20.9. The fourth-order valence-corrected chi connectivity index (χ4v) is 6.90. The fraction of sp³-hybridized carbons (Fsp3) is 0.179. The number of benzene rings is 3. The number of sulfonamides is 1. The van der Waals surface area contributed by atoms with E-state index in [0.717, 1.165) is 33.8 Å². The van der Waals surface area contributed by atoms with Gasteiger partial charge in [-0.25, -0.2) is 8.42 Å². The summed E-state index contributed by atoms with van der Waals surface area (Å²) in [6, 6.07) is 29.2. The van der Waals surface area contributed by atoms with Gasteiger partial charge in [-0.1, -0.05) is 66.2 Å². The van der Waals surface area contributed by atoms with Crippen LogP contribution in [0.2, 0.25) is 0 Å². The molecule has 0 fully saturated rings. The van der Waals surface area contributed by atoms with Crippen molar-refractivity contribution in [2.75, 3.05) is 16.2 Å². The molecule has 4 aromatic rings. The maximum absolute atomic E-state index is 13.9. The summed E-state index contributed by atoms with van der Waals surface area (Å²) < 4.78 is 29.4. The Bertz CT molecular complexity index is 1450. The molecule has 5 nitrogen and oxygen atoms in total. The van der Waals surface area contributed by atoms with Crippen LogP contribution in [-0.2, 0) is 10.0 Å². The van der Waals surface area contributed by atoms with Crippen LogP contribution in [0.3, 0.4) is 0 Å². The molecule has 34 heavy (non-hydrogen) atoms. The van der Waals surface area contributed by atoms with E-state index in [1.54, 1.807) is 16.4 Å². The van der Waals surface area contributed by atoms with E-state index >= 15 is 0 Å². The Labute approximate surface area is 200 Å². The molecule has 0 amide bonds. The first-order valence-electron chi connectivity index (χ1n) is 11.5. The van der Waals surface area contributed by atoms with Crippen molar-refractivity contribution in [2.45, 2.75) is 23.8 Å². The first-order valence-corrected chi connectivity index (χ1v) is 12.9. The van der Waals surface area contributed by atoms with Crippen molar-refractivity contribution in [1.82, 2.24) is 4.98 Å². The molecule has 3 atom stereocenters. The summed E-state index contributed by atoms with van der Waals surface area (Å²) in [7, 11) is -3.74. The fourth-order valence-electron chi connectivity index (χ4n) is 5.37. The number of para-hydroxylation sites is 1. The van der Waals surface area contributed by atoms with Gasteiger partial charge in [0.05, 0.1) is 28.0 Å². The maximum atomic E-state index is 13.9. The second kappa shape index (κ2) is 7.99. The molecule has 3 heterocycles. The quantitative estimate of drug-likeness (QED) is 0.431. The number of rotatable bonds is 3. The molecule has 170 valence electrons. The average molecular weight is 468 g/mol. The Balaban J connectivity index is 1.53. The predicted octanol–water partition coefficient (Wildman–Crippen LogP) is 5.51. The molecule has 0 unspecified atom stereocenters. The molecule has 0 saturated heterocycles. The Morgan fingerprint density at radius 2 is 1.62 bits per heavy atom. The Morgan fingerprint density at radius 3 is 2.41 bits per heavy atom. The Kier molecular flexibility index (Phi) is 4.92. The molecular formula is C28H25N3O2S. The van der Waals surface area contributed by atoms with Crippen LogP contribution in [0.5, 0.6) is 0 Å². The molecule has 0 radical (unpaired) electrons. The summed E-state index contributed by atoms with van der Waals surface area (Å²) in [5.41, 5.74) is 5.86. The van der Waals surface area contributed by atoms with E-state index in [1.807, 2.05) is 73.8 Å². The third-order valence-corrected chi connectivity index (χ3v) is 8.78. The highest BCUT2D eigenvalue weighted by Crippen LogP contribution is 2.52. The molecule has 6 rings (SSSR count). The van der Waals surface area contributed by atoms with Crippen molar-refractivity contribution in [1.29, 1.82) is 0 Å². The van der Waals surface area contributed by atoms with Crippen LogP contribution in [-0.4, -0.2) is 19.9 Å². The second-order valence-electron chi connectivity index (χ2n) is 9.02. The minimum Gasteiger partial charge on any atom is -0.376 e. The van der Waals surface area contributed by atoms with Gasteiger partial charge in [-0.05, 0) is 48.4 Å². The van der Waals surface area contributed by atoms with Crippen LogP contribution in [0.1, 0.15) is 34.3 Å². The van der Waals surface area contributed by atoms with Crippen LogP contribution in [0.25, 0.3) is 0 Å². The summed E-state index contributed by atoms with van der Waals surface area (Å²) >= 11 is 0. The van der Waals surface area contributed by atoms with Gasteiger partial charge in [-0.2, -0.15) is 0 Å². The molecule has 0 saturated carbocycles. The number of aryl methyl sites for hydroxylation is 1. The van der Waals surface area contributed by atoms with E-state index in [0.29, 0.717) is 11.4 Å². The minimum atomic E-state index is -3.74. The van der Waals surface area contributed by atoms with Crippen LogP contribution >= 0.6 is 0 Å². The van der Waals surface area contributed by atoms with Crippen molar-refractivity contribution in [3.8, 4) is 0 Å². The third-order valence-electron chi connectivity index (χ3n) is 6.99. The summed E-state index contributed by atoms with van der Waals surface area (Å²) in [5.74, 6) is -0.0624. The van der Waals surface area contributed by atoms with E-state index in [2.05, 4.69) is 23.5 Å². The highest BCUT2D eigenvalue weighted by atomic mass is 32.2. The molecule has 2 aliphatic rings. The number of anilines is 2. The smallest absolute Gasteiger partial charge is 0.264 e. The molecule has 2 aliphatic heterocycles. The molecule has 1 N–H and O–H groups in total. The molecular weight excluding hydrogens is 442 g/mol. The highest BCUT2D eigenvalue weighted by Gasteiger charge is 2.46. The average Bonchev–Trinajstić information content (AvgIpc) is 2.87. The van der Waals surface area contributed by atoms with Gasteiger partial charge < -0.3 is 5.32 Å². The lowest BCUT2D eigenvalue weighted by Gasteiger charge is -2.47. The van der Waals surface area contributed by atoms with Gasteiger partial charge in [-0.15, -0.1) is 0 Å². The largest absolute Gasteiger partial charge is 0.376 e. The van der Waals surface area contributed by atoms with Crippen molar-refractivity contribution in [3.63, 3.8) is 0 Å². The third kappa shape index (κ3) is 3.29. The number of hydrogen-bond acceptors (Lipinski definition) is 4. The minimum absolute atomic E-state index is 0.0254. The van der Waals surface area contributed by atoms with Gasteiger partial charge in [0.25, 0.3) is 10.0 Å². The number of nitrogens with zero attached hydrogens (tertiary/aromatic N) is 2. The van der Waals surface area contributed by atoms with E-state index in [9.17, 15) is 8.42 Å². The van der Waals surface area contributed by atoms with Crippen molar-refractivity contribution in [3.05, 3.63) is 120 Å². The molecule has 0 aliphatic carbocycles. The number of nitrogens with one attached hydrogen (secondary N) is 1. The molecule has 1 aromatic heterocycles. The maximum Gasteiger partial charge on any atom is 0.264 e. The lowest BCUT2D eigenvalue weighted by Crippen LogP contribution is -2.47. The van der Waals surface area contributed by atoms with Crippen molar-refractivity contribution < 1.29 is 8.42 Å². The lowest BCUT2D eigenvalue weighted by molar-refractivity contribution is 0.383. The lowest BCUT2D eigenvalue weighted by atomic mass is 9.72.